The van der Waals surface area contributed by atoms with Crippen LogP contribution in [0.1, 0.15) is 13.3 Å². The number of aliphatic hydroxyl groups excluding tert-OH is 1. The summed E-state index contributed by atoms with van der Waals surface area (Å²) in [7, 11) is 0. The number of rotatable bonds is 0. The molecule has 0 aromatic rings. The lowest BCUT2D eigenvalue weighted by atomic mass is 9.89. The van der Waals surface area contributed by atoms with Gasteiger partial charge in [0, 0.05) is 12.1 Å². The second-order valence-corrected chi connectivity index (χ2v) is 2.98. The number of hydrogen-bond acceptors (Lipinski definition) is 3. The third-order valence-corrected chi connectivity index (χ3v) is 1.94. The van der Waals surface area contributed by atoms with Gasteiger partial charge in [-0.05, 0) is 19.9 Å². The zero-order valence-electron chi connectivity index (χ0n) is 5.72. The van der Waals surface area contributed by atoms with Gasteiger partial charge in [-0.1, -0.05) is 0 Å². The van der Waals surface area contributed by atoms with Crippen LogP contribution in [0, 0.1) is 0 Å². The molecule has 0 aliphatic carbocycles. The quantitative estimate of drug-likeness (QED) is 0.396. The van der Waals surface area contributed by atoms with E-state index in [1.807, 2.05) is 6.92 Å². The van der Waals surface area contributed by atoms with Gasteiger partial charge in [-0.2, -0.15) is 0 Å². The third kappa shape index (κ3) is 1.41. The van der Waals surface area contributed by atoms with Crippen molar-refractivity contribution in [3.63, 3.8) is 0 Å². The lowest BCUT2D eigenvalue weighted by Crippen LogP contribution is -2.57. The first-order valence-corrected chi connectivity index (χ1v) is 3.30. The molecule has 0 unspecified atom stereocenters. The highest BCUT2D eigenvalue weighted by molar-refractivity contribution is 4.92. The number of hydrogen-bond donors (Lipinski definition) is 3. The maximum absolute atomic E-state index is 9.25. The fraction of sp³-hybridized carbons (Fsp3) is 1.00. The van der Waals surface area contributed by atoms with Crippen molar-refractivity contribution in [2.24, 2.45) is 5.73 Å². The molecule has 0 spiro atoms. The Hall–Kier alpha value is -0.120. The first-order valence-electron chi connectivity index (χ1n) is 3.30. The van der Waals surface area contributed by atoms with Crippen LogP contribution in [-0.2, 0) is 0 Å². The van der Waals surface area contributed by atoms with Crippen LogP contribution in [0.4, 0.5) is 0 Å². The summed E-state index contributed by atoms with van der Waals surface area (Å²) in [6, 6.07) is 0. The molecule has 0 radical (unpaired) electrons. The molecule has 4 N–H and O–H groups in total. The second-order valence-electron chi connectivity index (χ2n) is 2.98. The van der Waals surface area contributed by atoms with Crippen molar-refractivity contribution in [1.82, 2.24) is 5.32 Å². The van der Waals surface area contributed by atoms with Gasteiger partial charge >= 0.3 is 0 Å². The van der Waals surface area contributed by atoms with E-state index in [0.717, 1.165) is 13.0 Å². The average Bonchev–Trinajstić information content (AvgIpc) is 1.77. The number of piperidine rings is 1. The standard InChI is InChI=1S/C6H14N2O/c1-6(7)2-3-8-4-5(6)9/h5,8-9H,2-4,7H2,1H3/t5-,6-/m1/s1. The van der Waals surface area contributed by atoms with Gasteiger partial charge in [-0.25, -0.2) is 0 Å². The molecule has 1 aliphatic heterocycles. The van der Waals surface area contributed by atoms with Gasteiger partial charge in [0.15, 0.2) is 0 Å². The van der Waals surface area contributed by atoms with Crippen LogP contribution < -0.4 is 11.1 Å². The first kappa shape index (κ1) is 6.99. The van der Waals surface area contributed by atoms with Gasteiger partial charge < -0.3 is 16.2 Å². The highest BCUT2D eigenvalue weighted by Gasteiger charge is 2.30. The Morgan fingerprint density at radius 3 is 2.78 bits per heavy atom. The summed E-state index contributed by atoms with van der Waals surface area (Å²) in [6.07, 6.45) is 0.472. The molecule has 0 aromatic carbocycles. The van der Waals surface area contributed by atoms with E-state index in [-0.39, 0.29) is 11.6 Å². The molecule has 1 fully saturated rings. The largest absolute Gasteiger partial charge is 0.390 e. The Kier molecular flexibility index (Phi) is 1.75. The van der Waals surface area contributed by atoms with E-state index in [0.29, 0.717) is 6.54 Å². The van der Waals surface area contributed by atoms with Crippen LogP contribution in [0.3, 0.4) is 0 Å². The zero-order valence-corrected chi connectivity index (χ0v) is 5.72. The summed E-state index contributed by atoms with van der Waals surface area (Å²) in [5.74, 6) is 0. The van der Waals surface area contributed by atoms with E-state index in [4.69, 9.17) is 5.73 Å². The van der Waals surface area contributed by atoms with Crippen molar-refractivity contribution in [1.29, 1.82) is 0 Å². The summed E-state index contributed by atoms with van der Waals surface area (Å²) < 4.78 is 0. The summed E-state index contributed by atoms with van der Waals surface area (Å²) >= 11 is 0. The Bertz CT molecular complexity index is 103. The smallest absolute Gasteiger partial charge is 0.0841 e. The molecule has 1 rings (SSSR count). The Labute approximate surface area is 55.2 Å². The number of β-amino-alcohol motifs (C(OH)–C–C–N with tert-alkyl or cyclic N) is 1. The van der Waals surface area contributed by atoms with E-state index in [1.54, 1.807) is 0 Å². The van der Waals surface area contributed by atoms with Gasteiger partial charge in [0.2, 0.25) is 0 Å². The van der Waals surface area contributed by atoms with Crippen molar-refractivity contribution in [2.75, 3.05) is 13.1 Å². The number of nitrogens with one attached hydrogen (secondary N) is 1. The second kappa shape index (κ2) is 2.25. The molecule has 3 nitrogen and oxygen atoms in total. The fourth-order valence-electron chi connectivity index (χ4n) is 0.996. The SMILES string of the molecule is C[C@@]1(N)CCNC[C@H]1O. The molecular weight excluding hydrogens is 116 g/mol. The molecule has 0 aromatic heterocycles. The van der Waals surface area contributed by atoms with E-state index in [2.05, 4.69) is 5.32 Å². The first-order chi connectivity index (χ1) is 4.13. The highest BCUT2D eigenvalue weighted by Crippen LogP contribution is 2.13. The van der Waals surface area contributed by atoms with E-state index < -0.39 is 0 Å². The summed E-state index contributed by atoms with van der Waals surface area (Å²) in [5, 5.41) is 12.3. The van der Waals surface area contributed by atoms with Gasteiger partial charge in [0.25, 0.3) is 0 Å². The Morgan fingerprint density at radius 1 is 1.78 bits per heavy atom. The van der Waals surface area contributed by atoms with Crippen LogP contribution in [0.2, 0.25) is 0 Å². The molecule has 9 heavy (non-hydrogen) atoms. The summed E-state index contributed by atoms with van der Waals surface area (Å²) in [6.45, 7) is 3.44. The van der Waals surface area contributed by atoms with E-state index in [1.165, 1.54) is 0 Å². The predicted octanol–water partition coefficient (Wildman–Crippen LogP) is -0.942. The van der Waals surface area contributed by atoms with Crippen molar-refractivity contribution < 1.29 is 5.11 Å². The summed E-state index contributed by atoms with van der Waals surface area (Å²) in [4.78, 5) is 0. The number of nitrogens with two attached hydrogens (primary N) is 1. The third-order valence-electron chi connectivity index (χ3n) is 1.94. The maximum Gasteiger partial charge on any atom is 0.0841 e. The molecule has 54 valence electrons. The molecule has 2 atom stereocenters. The van der Waals surface area contributed by atoms with Gasteiger partial charge in [-0.3, -0.25) is 0 Å². The molecule has 1 aliphatic rings. The van der Waals surface area contributed by atoms with Crippen LogP contribution >= 0.6 is 0 Å². The number of aliphatic hydroxyl groups is 1. The molecule has 1 heterocycles. The van der Waals surface area contributed by atoms with E-state index >= 15 is 0 Å². The van der Waals surface area contributed by atoms with Crippen molar-refractivity contribution in [3.05, 3.63) is 0 Å². The molecule has 0 amide bonds. The topological polar surface area (TPSA) is 58.3 Å². The minimum absolute atomic E-state index is 0.370. The molecule has 1 saturated heterocycles. The molecule has 0 bridgehead atoms. The lowest BCUT2D eigenvalue weighted by Gasteiger charge is -2.35. The molecule has 0 saturated carbocycles. The van der Waals surface area contributed by atoms with Crippen LogP contribution in [0.15, 0.2) is 0 Å². The minimum Gasteiger partial charge on any atom is -0.390 e. The lowest BCUT2D eigenvalue weighted by molar-refractivity contribution is 0.0689. The minimum atomic E-state index is -0.383. The van der Waals surface area contributed by atoms with Crippen LogP contribution in [0.25, 0.3) is 0 Å². The van der Waals surface area contributed by atoms with Crippen molar-refractivity contribution >= 4 is 0 Å². The zero-order chi connectivity index (χ0) is 6.91. The normalized spacial score (nSPS) is 45.0. The Morgan fingerprint density at radius 2 is 2.44 bits per heavy atom. The van der Waals surface area contributed by atoms with E-state index in [9.17, 15) is 5.11 Å². The van der Waals surface area contributed by atoms with Crippen molar-refractivity contribution in [3.8, 4) is 0 Å². The monoisotopic (exact) mass is 130 g/mol. The van der Waals surface area contributed by atoms with Gasteiger partial charge in [0.05, 0.1) is 6.10 Å². The maximum atomic E-state index is 9.25. The molecular formula is C6H14N2O. The van der Waals surface area contributed by atoms with Crippen molar-refractivity contribution in [2.45, 2.75) is 25.0 Å². The summed E-state index contributed by atoms with van der Waals surface area (Å²) in [5.41, 5.74) is 5.36. The van der Waals surface area contributed by atoms with Crippen LogP contribution in [-0.4, -0.2) is 29.8 Å². The Balaban J connectivity index is 2.49. The predicted molar refractivity (Wildman–Crippen MR) is 36.1 cm³/mol. The van der Waals surface area contributed by atoms with Gasteiger partial charge in [0.1, 0.15) is 0 Å². The average molecular weight is 130 g/mol. The van der Waals surface area contributed by atoms with Crippen LogP contribution in [0.5, 0.6) is 0 Å². The highest BCUT2D eigenvalue weighted by atomic mass is 16.3. The van der Waals surface area contributed by atoms with Gasteiger partial charge in [-0.15, -0.1) is 0 Å². The molecule has 3 heteroatoms. The fourth-order valence-corrected chi connectivity index (χ4v) is 0.996.